The Labute approximate surface area is 118 Å². The van der Waals surface area contributed by atoms with Crippen LogP contribution in [-0.4, -0.2) is 22.0 Å². The molecule has 0 atom stereocenters. The summed E-state index contributed by atoms with van der Waals surface area (Å²) < 4.78 is 25.8. The van der Waals surface area contributed by atoms with E-state index < -0.39 is 23.5 Å². The van der Waals surface area contributed by atoms with Gasteiger partial charge in [0.15, 0.2) is 11.6 Å². The minimum Gasteiger partial charge on any atom is -0.478 e. The van der Waals surface area contributed by atoms with Crippen LogP contribution in [0.3, 0.4) is 0 Å². The summed E-state index contributed by atoms with van der Waals surface area (Å²) in [6, 6.07) is 5.82. The minimum atomic E-state index is -1.23. The number of carbonyl (C=O) groups is 2. The molecular formula is C14H10F2N2O3. The molecule has 1 amide bonds. The van der Waals surface area contributed by atoms with Gasteiger partial charge in [0.05, 0.1) is 6.42 Å². The topological polar surface area (TPSA) is 79.3 Å². The van der Waals surface area contributed by atoms with E-state index in [-0.39, 0.29) is 23.4 Å². The molecule has 0 aliphatic carbocycles. The van der Waals surface area contributed by atoms with E-state index in [2.05, 4.69) is 10.3 Å². The number of anilines is 1. The molecule has 0 radical (unpaired) electrons. The van der Waals surface area contributed by atoms with Crippen molar-refractivity contribution in [1.29, 1.82) is 0 Å². The lowest BCUT2D eigenvalue weighted by molar-refractivity contribution is -0.115. The number of benzene rings is 1. The molecule has 7 heteroatoms. The van der Waals surface area contributed by atoms with E-state index in [9.17, 15) is 18.4 Å². The molecule has 0 fully saturated rings. The summed E-state index contributed by atoms with van der Waals surface area (Å²) in [5.74, 6) is -3.97. The van der Waals surface area contributed by atoms with Gasteiger partial charge in [0, 0.05) is 6.20 Å². The van der Waals surface area contributed by atoms with Gasteiger partial charge in [-0.3, -0.25) is 4.79 Å². The first-order valence-electron chi connectivity index (χ1n) is 5.89. The smallest absolute Gasteiger partial charge is 0.339 e. The fourth-order valence-electron chi connectivity index (χ4n) is 1.69. The second kappa shape index (κ2) is 6.08. The van der Waals surface area contributed by atoms with Crippen molar-refractivity contribution >= 4 is 17.7 Å². The van der Waals surface area contributed by atoms with Gasteiger partial charge >= 0.3 is 5.97 Å². The number of pyridine rings is 1. The van der Waals surface area contributed by atoms with Gasteiger partial charge in [-0.2, -0.15) is 0 Å². The number of aromatic nitrogens is 1. The number of amides is 1. The molecule has 108 valence electrons. The van der Waals surface area contributed by atoms with Crippen LogP contribution in [0.5, 0.6) is 0 Å². The van der Waals surface area contributed by atoms with E-state index >= 15 is 0 Å². The number of aromatic carboxylic acids is 1. The van der Waals surface area contributed by atoms with Gasteiger partial charge in [0.2, 0.25) is 5.91 Å². The molecule has 2 N–H and O–H groups in total. The molecule has 0 spiro atoms. The number of halogens is 2. The minimum absolute atomic E-state index is 0.0995. The van der Waals surface area contributed by atoms with Crippen molar-refractivity contribution in [3.05, 3.63) is 59.3 Å². The van der Waals surface area contributed by atoms with Gasteiger partial charge in [-0.25, -0.2) is 18.6 Å². The normalized spacial score (nSPS) is 10.2. The second-order valence-electron chi connectivity index (χ2n) is 4.18. The Morgan fingerprint density at radius 1 is 1.19 bits per heavy atom. The average molecular weight is 292 g/mol. The van der Waals surface area contributed by atoms with Crippen LogP contribution >= 0.6 is 0 Å². The first-order chi connectivity index (χ1) is 9.97. The van der Waals surface area contributed by atoms with E-state index in [0.29, 0.717) is 0 Å². The van der Waals surface area contributed by atoms with Gasteiger partial charge in [0.25, 0.3) is 0 Å². The van der Waals surface area contributed by atoms with Crippen LogP contribution < -0.4 is 5.32 Å². The van der Waals surface area contributed by atoms with Crippen LogP contribution in [0.1, 0.15) is 15.9 Å². The Bertz CT molecular complexity index is 704. The molecule has 0 aliphatic rings. The molecule has 2 aromatic rings. The number of carboxylic acid groups (broad SMARTS) is 1. The van der Waals surface area contributed by atoms with E-state index in [0.717, 1.165) is 12.1 Å². The fourth-order valence-corrected chi connectivity index (χ4v) is 1.69. The van der Waals surface area contributed by atoms with Crippen molar-refractivity contribution in [3.8, 4) is 0 Å². The van der Waals surface area contributed by atoms with Crippen LogP contribution in [0.2, 0.25) is 0 Å². The third-order valence-electron chi connectivity index (χ3n) is 2.64. The molecule has 5 nitrogen and oxygen atoms in total. The highest BCUT2D eigenvalue weighted by Crippen LogP contribution is 2.13. The van der Waals surface area contributed by atoms with E-state index in [1.54, 1.807) is 0 Å². The van der Waals surface area contributed by atoms with Crippen LogP contribution in [0.25, 0.3) is 0 Å². The Morgan fingerprint density at radius 2 is 1.95 bits per heavy atom. The van der Waals surface area contributed by atoms with Crippen LogP contribution in [0.4, 0.5) is 14.6 Å². The fraction of sp³-hybridized carbons (Fsp3) is 0.0714. The van der Waals surface area contributed by atoms with E-state index in [4.69, 9.17) is 5.11 Å². The largest absolute Gasteiger partial charge is 0.478 e. The third kappa shape index (κ3) is 3.59. The first-order valence-corrected chi connectivity index (χ1v) is 5.89. The van der Waals surface area contributed by atoms with Crippen molar-refractivity contribution in [2.45, 2.75) is 6.42 Å². The number of carbonyl (C=O) groups excluding carboxylic acids is 1. The summed E-state index contributed by atoms with van der Waals surface area (Å²) in [5, 5.41) is 11.3. The maximum absolute atomic E-state index is 13.0. The number of nitrogens with one attached hydrogen (secondary N) is 1. The summed E-state index contributed by atoms with van der Waals surface area (Å²) in [7, 11) is 0. The zero-order valence-electron chi connectivity index (χ0n) is 10.6. The average Bonchev–Trinajstić information content (AvgIpc) is 2.43. The Kier molecular flexibility index (Phi) is 4.22. The van der Waals surface area contributed by atoms with Crippen molar-refractivity contribution in [2.24, 2.45) is 0 Å². The lowest BCUT2D eigenvalue weighted by atomic mass is 10.1. The highest BCUT2D eigenvalue weighted by Gasteiger charge is 2.14. The highest BCUT2D eigenvalue weighted by atomic mass is 19.2. The SMILES string of the molecule is O=C(Cc1ccc(F)c(F)c1)Nc1ncccc1C(=O)O. The predicted octanol–water partition coefficient (Wildman–Crippen LogP) is 2.24. The monoisotopic (exact) mass is 292 g/mol. The van der Waals surface area contributed by atoms with Crippen LogP contribution in [-0.2, 0) is 11.2 Å². The molecule has 21 heavy (non-hydrogen) atoms. The zero-order chi connectivity index (χ0) is 15.4. The molecule has 0 saturated carbocycles. The molecule has 0 bridgehead atoms. The number of rotatable bonds is 4. The lowest BCUT2D eigenvalue weighted by Crippen LogP contribution is -2.18. The Hall–Kier alpha value is -2.83. The van der Waals surface area contributed by atoms with E-state index in [1.165, 1.54) is 24.4 Å². The number of nitrogens with zero attached hydrogens (tertiary/aromatic N) is 1. The van der Waals surface area contributed by atoms with Crippen LogP contribution in [0, 0.1) is 11.6 Å². The second-order valence-corrected chi connectivity index (χ2v) is 4.18. The predicted molar refractivity (Wildman–Crippen MR) is 69.9 cm³/mol. The van der Waals surface area contributed by atoms with Crippen LogP contribution in [0.15, 0.2) is 36.5 Å². The number of carboxylic acids is 1. The molecule has 1 aromatic heterocycles. The van der Waals surface area contributed by atoms with Crippen molar-refractivity contribution in [3.63, 3.8) is 0 Å². The molecule has 2 rings (SSSR count). The van der Waals surface area contributed by atoms with Gasteiger partial charge in [-0.1, -0.05) is 6.07 Å². The number of hydrogen-bond acceptors (Lipinski definition) is 3. The summed E-state index contributed by atoms with van der Waals surface area (Å²) in [4.78, 5) is 26.5. The van der Waals surface area contributed by atoms with Gasteiger partial charge in [-0.15, -0.1) is 0 Å². The molecule has 1 heterocycles. The zero-order valence-corrected chi connectivity index (χ0v) is 10.6. The van der Waals surface area contributed by atoms with E-state index in [1.807, 2.05) is 0 Å². The standard InChI is InChI=1S/C14H10F2N2O3/c15-10-4-3-8(6-11(10)16)7-12(19)18-13-9(14(20)21)2-1-5-17-13/h1-6H,7H2,(H,20,21)(H,17,18,19). The van der Waals surface area contributed by atoms with Gasteiger partial charge < -0.3 is 10.4 Å². The highest BCUT2D eigenvalue weighted by molar-refractivity contribution is 5.99. The van der Waals surface area contributed by atoms with Crippen molar-refractivity contribution < 1.29 is 23.5 Å². The quantitative estimate of drug-likeness (QED) is 0.905. The van der Waals surface area contributed by atoms with Crippen molar-refractivity contribution in [1.82, 2.24) is 4.98 Å². The Morgan fingerprint density at radius 3 is 2.62 bits per heavy atom. The summed E-state index contributed by atoms with van der Waals surface area (Å²) in [6.07, 6.45) is 1.10. The lowest BCUT2D eigenvalue weighted by Gasteiger charge is -2.07. The van der Waals surface area contributed by atoms with Crippen molar-refractivity contribution in [2.75, 3.05) is 5.32 Å². The summed E-state index contributed by atoms with van der Waals surface area (Å²) >= 11 is 0. The Balaban J connectivity index is 2.12. The molecule has 1 aromatic carbocycles. The number of hydrogen-bond donors (Lipinski definition) is 2. The van der Waals surface area contributed by atoms with Gasteiger partial charge in [-0.05, 0) is 29.8 Å². The first kappa shape index (κ1) is 14.6. The molecule has 0 unspecified atom stereocenters. The maximum Gasteiger partial charge on any atom is 0.339 e. The molecule has 0 aliphatic heterocycles. The summed E-state index contributed by atoms with van der Waals surface area (Å²) in [6.45, 7) is 0. The maximum atomic E-state index is 13.0. The molecular weight excluding hydrogens is 282 g/mol. The third-order valence-corrected chi connectivity index (χ3v) is 2.64. The summed E-state index contributed by atoms with van der Waals surface area (Å²) in [5.41, 5.74) is 0.107. The van der Waals surface area contributed by atoms with Gasteiger partial charge in [0.1, 0.15) is 11.4 Å². The molecule has 0 saturated heterocycles.